The van der Waals surface area contributed by atoms with Crippen LogP contribution in [-0.4, -0.2) is 42.9 Å². The van der Waals surface area contributed by atoms with Gasteiger partial charge in [0.1, 0.15) is 6.17 Å². The molecule has 0 spiro atoms. The standard InChI is InChI=1S/C9H16FNO/c1-7-3-9(6-12-2)4-8(10)5-11(7)9/h7-8H,3-6H2,1-2H3/t7-,8-,9+/m1/s1. The Morgan fingerprint density at radius 1 is 1.58 bits per heavy atom. The summed E-state index contributed by atoms with van der Waals surface area (Å²) in [5, 5.41) is 0. The molecule has 2 rings (SSSR count). The van der Waals surface area contributed by atoms with E-state index in [-0.39, 0.29) is 5.54 Å². The number of fused-ring (bicyclic) bond motifs is 1. The second kappa shape index (κ2) is 2.67. The molecule has 0 aromatic carbocycles. The molecule has 0 aromatic rings. The molecule has 2 aliphatic rings. The van der Waals surface area contributed by atoms with E-state index < -0.39 is 6.17 Å². The summed E-state index contributed by atoms with van der Waals surface area (Å²) >= 11 is 0. The number of nitrogens with zero attached hydrogens (tertiary/aromatic N) is 1. The summed E-state index contributed by atoms with van der Waals surface area (Å²) < 4.78 is 18.2. The fourth-order valence-corrected chi connectivity index (χ4v) is 2.87. The fraction of sp³-hybridized carbons (Fsp3) is 1.00. The predicted molar refractivity (Wildman–Crippen MR) is 44.9 cm³/mol. The second-order valence-corrected chi connectivity index (χ2v) is 4.16. The number of ether oxygens (including phenoxy) is 1. The molecule has 0 aliphatic carbocycles. The van der Waals surface area contributed by atoms with Crippen molar-refractivity contribution in [2.45, 2.75) is 37.5 Å². The molecule has 0 radical (unpaired) electrons. The Labute approximate surface area is 72.7 Å². The summed E-state index contributed by atoms with van der Waals surface area (Å²) in [6.45, 7) is 3.47. The van der Waals surface area contributed by atoms with Crippen LogP contribution in [0.25, 0.3) is 0 Å². The maximum atomic E-state index is 13.1. The van der Waals surface area contributed by atoms with Crippen LogP contribution in [0, 0.1) is 0 Å². The molecular weight excluding hydrogens is 157 g/mol. The van der Waals surface area contributed by atoms with Crippen LogP contribution in [0.15, 0.2) is 0 Å². The quantitative estimate of drug-likeness (QED) is 0.622. The average Bonchev–Trinajstić information content (AvgIpc) is 2.24. The summed E-state index contributed by atoms with van der Waals surface area (Å²) in [5.74, 6) is 0. The van der Waals surface area contributed by atoms with Gasteiger partial charge in [0.15, 0.2) is 0 Å². The Kier molecular flexibility index (Phi) is 1.88. The fourth-order valence-electron chi connectivity index (χ4n) is 2.87. The largest absolute Gasteiger partial charge is 0.383 e. The maximum Gasteiger partial charge on any atom is 0.115 e. The van der Waals surface area contributed by atoms with Gasteiger partial charge >= 0.3 is 0 Å². The molecule has 3 atom stereocenters. The third-order valence-corrected chi connectivity index (χ3v) is 3.23. The Balaban J connectivity index is 2.06. The van der Waals surface area contributed by atoms with Crippen molar-refractivity contribution in [3.05, 3.63) is 0 Å². The summed E-state index contributed by atoms with van der Waals surface area (Å²) in [4.78, 5) is 2.25. The maximum absolute atomic E-state index is 13.1. The van der Waals surface area contributed by atoms with Crippen molar-refractivity contribution in [1.29, 1.82) is 0 Å². The number of halogens is 1. The van der Waals surface area contributed by atoms with Crippen LogP contribution < -0.4 is 0 Å². The number of hydrogen-bond donors (Lipinski definition) is 0. The molecule has 2 saturated heterocycles. The van der Waals surface area contributed by atoms with E-state index in [4.69, 9.17) is 4.74 Å². The van der Waals surface area contributed by atoms with E-state index in [1.54, 1.807) is 7.11 Å². The third kappa shape index (κ3) is 0.995. The van der Waals surface area contributed by atoms with Gasteiger partial charge in [-0.05, 0) is 13.3 Å². The van der Waals surface area contributed by atoms with Crippen molar-refractivity contribution in [2.24, 2.45) is 0 Å². The third-order valence-electron chi connectivity index (χ3n) is 3.23. The Bertz CT molecular complexity index is 183. The van der Waals surface area contributed by atoms with Crippen LogP contribution in [0.4, 0.5) is 4.39 Å². The smallest absolute Gasteiger partial charge is 0.115 e. The first-order valence-electron chi connectivity index (χ1n) is 4.58. The number of alkyl halides is 1. The number of hydrogen-bond acceptors (Lipinski definition) is 2. The Morgan fingerprint density at radius 3 is 2.92 bits per heavy atom. The van der Waals surface area contributed by atoms with Gasteiger partial charge in [-0.2, -0.15) is 0 Å². The molecule has 3 heteroatoms. The van der Waals surface area contributed by atoms with E-state index in [1.807, 2.05) is 0 Å². The van der Waals surface area contributed by atoms with E-state index in [2.05, 4.69) is 11.8 Å². The SMILES string of the molecule is COC[C@]12C[C@@H](F)CN1[C@H](C)C2. The minimum absolute atomic E-state index is 0.0631. The molecule has 0 N–H and O–H groups in total. The molecule has 2 heterocycles. The van der Waals surface area contributed by atoms with Gasteiger partial charge < -0.3 is 4.74 Å². The predicted octanol–water partition coefficient (Wildman–Crippen LogP) is 1.21. The van der Waals surface area contributed by atoms with Crippen LogP contribution >= 0.6 is 0 Å². The molecule has 0 aromatic heterocycles. The van der Waals surface area contributed by atoms with Crippen LogP contribution in [0.1, 0.15) is 19.8 Å². The van der Waals surface area contributed by atoms with Gasteiger partial charge in [0, 0.05) is 31.7 Å². The van der Waals surface area contributed by atoms with Crippen molar-refractivity contribution in [3.8, 4) is 0 Å². The first-order valence-corrected chi connectivity index (χ1v) is 4.58. The van der Waals surface area contributed by atoms with E-state index >= 15 is 0 Å². The zero-order valence-corrected chi connectivity index (χ0v) is 7.72. The molecule has 12 heavy (non-hydrogen) atoms. The van der Waals surface area contributed by atoms with Crippen LogP contribution in [0.5, 0.6) is 0 Å². The second-order valence-electron chi connectivity index (χ2n) is 4.16. The zero-order valence-electron chi connectivity index (χ0n) is 7.72. The van der Waals surface area contributed by atoms with E-state index in [0.717, 1.165) is 6.42 Å². The van der Waals surface area contributed by atoms with Gasteiger partial charge in [-0.1, -0.05) is 0 Å². The summed E-state index contributed by atoms with van der Waals surface area (Å²) in [6.07, 6.45) is 1.14. The number of rotatable bonds is 2. The normalized spacial score (nSPS) is 47.2. The lowest BCUT2D eigenvalue weighted by Gasteiger charge is -2.52. The molecule has 0 saturated carbocycles. The highest BCUT2D eigenvalue weighted by molar-refractivity contribution is 5.10. The van der Waals surface area contributed by atoms with Crippen LogP contribution in [0.3, 0.4) is 0 Å². The highest BCUT2D eigenvalue weighted by Gasteiger charge is 2.55. The van der Waals surface area contributed by atoms with Crippen molar-refractivity contribution in [2.75, 3.05) is 20.3 Å². The molecule has 2 fully saturated rings. The Morgan fingerprint density at radius 2 is 2.33 bits per heavy atom. The first kappa shape index (κ1) is 8.45. The van der Waals surface area contributed by atoms with Gasteiger partial charge in [0.2, 0.25) is 0 Å². The lowest BCUT2D eigenvalue weighted by Crippen LogP contribution is -2.63. The van der Waals surface area contributed by atoms with E-state index in [1.165, 1.54) is 0 Å². The molecule has 0 unspecified atom stereocenters. The van der Waals surface area contributed by atoms with Crippen molar-refractivity contribution in [3.63, 3.8) is 0 Å². The van der Waals surface area contributed by atoms with Gasteiger partial charge in [0.25, 0.3) is 0 Å². The summed E-state index contributed by atoms with van der Waals surface area (Å²) in [7, 11) is 1.70. The minimum atomic E-state index is -0.634. The van der Waals surface area contributed by atoms with Crippen molar-refractivity contribution in [1.82, 2.24) is 4.90 Å². The minimum Gasteiger partial charge on any atom is -0.383 e. The Hall–Kier alpha value is -0.150. The van der Waals surface area contributed by atoms with E-state index in [0.29, 0.717) is 25.6 Å². The monoisotopic (exact) mass is 173 g/mol. The lowest BCUT2D eigenvalue weighted by atomic mass is 9.80. The van der Waals surface area contributed by atoms with Gasteiger partial charge in [-0.3, -0.25) is 4.90 Å². The zero-order chi connectivity index (χ0) is 8.77. The lowest BCUT2D eigenvalue weighted by molar-refractivity contribution is -0.0741. The van der Waals surface area contributed by atoms with Crippen LogP contribution in [0.2, 0.25) is 0 Å². The topological polar surface area (TPSA) is 12.5 Å². The van der Waals surface area contributed by atoms with Crippen molar-refractivity contribution < 1.29 is 9.13 Å². The van der Waals surface area contributed by atoms with Crippen LogP contribution in [-0.2, 0) is 4.74 Å². The molecule has 0 bridgehead atoms. The molecule has 0 amide bonds. The van der Waals surface area contributed by atoms with E-state index in [9.17, 15) is 4.39 Å². The first-order chi connectivity index (χ1) is 5.68. The molecule has 2 nitrogen and oxygen atoms in total. The van der Waals surface area contributed by atoms with Gasteiger partial charge in [-0.25, -0.2) is 4.39 Å². The van der Waals surface area contributed by atoms with Gasteiger partial charge in [0.05, 0.1) is 6.61 Å². The van der Waals surface area contributed by atoms with Crippen molar-refractivity contribution >= 4 is 0 Å². The summed E-state index contributed by atoms with van der Waals surface area (Å²) in [5.41, 5.74) is 0.0631. The highest BCUT2D eigenvalue weighted by Crippen LogP contribution is 2.45. The molecule has 2 aliphatic heterocycles. The molecular formula is C9H16FNO. The number of methoxy groups -OCH3 is 1. The summed E-state index contributed by atoms with van der Waals surface area (Å²) in [6, 6.07) is 0.556. The molecule has 70 valence electrons. The average molecular weight is 173 g/mol. The van der Waals surface area contributed by atoms with Gasteiger partial charge in [-0.15, -0.1) is 0 Å². The highest BCUT2D eigenvalue weighted by atomic mass is 19.1.